The Labute approximate surface area is 278 Å². The van der Waals surface area contributed by atoms with Crippen molar-refractivity contribution in [3.8, 4) is 0 Å². The number of nitrogens with two attached hydrogens (primary N) is 2. The van der Waals surface area contributed by atoms with Crippen LogP contribution in [0.15, 0.2) is 18.2 Å². The van der Waals surface area contributed by atoms with Gasteiger partial charge in [-0.15, -0.1) is 11.3 Å². The number of hydrogen-bond donors (Lipinski definition) is 4. The molecule has 0 saturated heterocycles. The molecule has 0 spiro atoms. The third kappa shape index (κ3) is 12.2. The lowest BCUT2D eigenvalue weighted by Crippen LogP contribution is -2.50. The van der Waals surface area contributed by atoms with Gasteiger partial charge in [0.05, 0.1) is 27.2 Å². The number of amides is 3. The second-order valence-corrected chi connectivity index (χ2v) is 14.6. The second-order valence-electron chi connectivity index (χ2n) is 13.5. The van der Waals surface area contributed by atoms with E-state index in [1.807, 2.05) is 33.8 Å². The molecular weight excluding hydrogens is 602 g/mol. The number of thiazole rings is 1. The molecule has 10 nitrogen and oxygen atoms in total. The molecule has 2 aromatic rings. The number of nitrogens with one attached hydrogen (secondary N) is 2. The van der Waals surface area contributed by atoms with Crippen LogP contribution in [0.3, 0.4) is 0 Å². The number of nitrogens with zero attached hydrogens (tertiary/aromatic N) is 1. The molecule has 3 amide bonds. The molecule has 2 rings (SSSR count). The number of rotatable bonds is 21. The van der Waals surface area contributed by atoms with Gasteiger partial charge < -0.3 is 22.1 Å². The van der Waals surface area contributed by atoms with Gasteiger partial charge >= 0.3 is 0 Å². The molecule has 0 saturated carbocycles. The number of aromatic nitrogens is 1. The van der Waals surface area contributed by atoms with Crippen molar-refractivity contribution in [2.75, 3.05) is 6.54 Å². The van der Waals surface area contributed by atoms with E-state index in [1.165, 1.54) is 16.9 Å². The van der Waals surface area contributed by atoms with Gasteiger partial charge in [0.1, 0.15) is 11.8 Å². The van der Waals surface area contributed by atoms with Crippen LogP contribution in [0.2, 0.25) is 0 Å². The molecule has 4 atom stereocenters. The maximum absolute atomic E-state index is 13.7. The van der Waals surface area contributed by atoms with Crippen LogP contribution < -0.4 is 22.1 Å². The predicted octanol–water partition coefficient (Wildman–Crippen LogP) is 4.81. The molecule has 46 heavy (non-hydrogen) atoms. The summed E-state index contributed by atoms with van der Waals surface area (Å²) in [6, 6.07) is 4.47. The summed E-state index contributed by atoms with van der Waals surface area (Å²) in [4.78, 5) is 70.2. The molecule has 256 valence electrons. The highest BCUT2D eigenvalue weighted by atomic mass is 32.1. The fourth-order valence-electron chi connectivity index (χ4n) is 5.45. The molecular formula is C35H55N5O5S. The minimum absolute atomic E-state index is 0.0437. The maximum Gasteiger partial charge on any atom is 0.240 e. The fraction of sp³-hybridized carbons (Fsp3) is 0.657. The number of unbranched alkanes of at least 4 members (excludes halogenated alkanes) is 1. The molecule has 1 aromatic heterocycles. The molecule has 1 aromatic carbocycles. The van der Waals surface area contributed by atoms with Crippen molar-refractivity contribution in [3.05, 3.63) is 28.8 Å². The third-order valence-electron chi connectivity index (χ3n) is 8.29. The van der Waals surface area contributed by atoms with Crippen molar-refractivity contribution in [1.82, 2.24) is 15.6 Å². The largest absolute Gasteiger partial charge is 0.368 e. The van der Waals surface area contributed by atoms with E-state index >= 15 is 0 Å². The van der Waals surface area contributed by atoms with Gasteiger partial charge in [0.2, 0.25) is 17.7 Å². The molecule has 11 heteroatoms. The van der Waals surface area contributed by atoms with Crippen molar-refractivity contribution in [2.45, 2.75) is 118 Å². The smallest absolute Gasteiger partial charge is 0.240 e. The first kappa shape index (κ1) is 39.0. The van der Waals surface area contributed by atoms with Crippen molar-refractivity contribution in [3.63, 3.8) is 0 Å². The lowest BCUT2D eigenvalue weighted by Gasteiger charge is -2.27. The first-order chi connectivity index (χ1) is 21.7. The first-order valence-electron chi connectivity index (χ1n) is 16.7. The summed E-state index contributed by atoms with van der Waals surface area (Å²) in [6.07, 6.45) is 2.63. The Bertz CT molecular complexity index is 1340. The standard InChI is InChI=1S/C35H55N5O5S/c1-8-26(41)16-25(19-31-38-27-13-12-23(21(4)5)18-30(27)46-31)35(45)40-32(22(6)7)29(42)17-24(11-9-10-14-36)34(44)39-28(33(37)43)15-20(2)3/h12-13,18,20-22,24-25,28,32H,8-11,14-17,19,36H2,1-7H3,(H2,37,43)(H,39,44)(H,40,45)/t24-,25+,28+,32+/m1/s1. The van der Waals surface area contributed by atoms with Crippen LogP contribution in [0, 0.1) is 23.7 Å². The van der Waals surface area contributed by atoms with E-state index in [0.717, 1.165) is 15.2 Å². The summed E-state index contributed by atoms with van der Waals surface area (Å²) in [5.74, 6) is -2.90. The van der Waals surface area contributed by atoms with Crippen LogP contribution in [-0.4, -0.2) is 52.9 Å². The van der Waals surface area contributed by atoms with Crippen LogP contribution in [0.25, 0.3) is 10.2 Å². The summed E-state index contributed by atoms with van der Waals surface area (Å²) in [5.41, 5.74) is 13.3. The van der Waals surface area contributed by atoms with Crippen LogP contribution in [0.1, 0.15) is 110 Å². The maximum atomic E-state index is 13.7. The molecule has 1 heterocycles. The van der Waals surface area contributed by atoms with Gasteiger partial charge in [-0.05, 0) is 61.3 Å². The van der Waals surface area contributed by atoms with E-state index in [4.69, 9.17) is 16.5 Å². The Morgan fingerprint density at radius 2 is 1.59 bits per heavy atom. The number of fused-ring (bicyclic) bond motifs is 1. The Morgan fingerprint density at radius 3 is 2.15 bits per heavy atom. The van der Waals surface area contributed by atoms with Crippen molar-refractivity contribution >= 4 is 50.8 Å². The van der Waals surface area contributed by atoms with E-state index in [-0.39, 0.29) is 48.6 Å². The van der Waals surface area contributed by atoms with Crippen LogP contribution in [-0.2, 0) is 30.4 Å². The molecule has 0 aliphatic heterocycles. The Hall–Kier alpha value is -3.18. The van der Waals surface area contributed by atoms with E-state index in [9.17, 15) is 24.0 Å². The van der Waals surface area contributed by atoms with E-state index in [1.54, 1.807) is 6.92 Å². The molecule has 0 aliphatic carbocycles. The normalized spacial score (nSPS) is 14.3. The van der Waals surface area contributed by atoms with Gasteiger partial charge in [-0.1, -0.05) is 61.0 Å². The molecule has 0 aliphatic rings. The second kappa shape index (κ2) is 18.8. The zero-order valence-corrected chi connectivity index (χ0v) is 29.5. The summed E-state index contributed by atoms with van der Waals surface area (Å²) in [7, 11) is 0. The summed E-state index contributed by atoms with van der Waals surface area (Å²) in [6.45, 7) is 14.0. The van der Waals surface area contributed by atoms with Gasteiger partial charge in [0, 0.05) is 31.6 Å². The van der Waals surface area contributed by atoms with Crippen LogP contribution >= 0.6 is 11.3 Å². The summed E-state index contributed by atoms with van der Waals surface area (Å²) >= 11 is 1.52. The predicted molar refractivity (Wildman–Crippen MR) is 184 cm³/mol. The highest BCUT2D eigenvalue weighted by Crippen LogP contribution is 2.29. The Balaban J connectivity index is 2.26. The first-order valence-corrected chi connectivity index (χ1v) is 17.5. The number of carbonyl (C=O) groups excluding carboxylic acids is 5. The highest BCUT2D eigenvalue weighted by molar-refractivity contribution is 7.18. The topological polar surface area (TPSA) is 174 Å². The van der Waals surface area contributed by atoms with Gasteiger partial charge in [-0.2, -0.15) is 0 Å². The number of benzene rings is 1. The Kier molecular flexibility index (Phi) is 16.0. The molecule has 6 N–H and O–H groups in total. The van der Waals surface area contributed by atoms with Gasteiger partial charge in [-0.3, -0.25) is 24.0 Å². The minimum Gasteiger partial charge on any atom is -0.368 e. The minimum atomic E-state index is -0.858. The van der Waals surface area contributed by atoms with Crippen LogP contribution in [0.4, 0.5) is 0 Å². The lowest BCUT2D eigenvalue weighted by molar-refractivity contribution is -0.135. The SMILES string of the molecule is CCC(=O)C[C@@H](Cc1nc2ccc(C(C)C)cc2s1)C(=O)N[C@H](C(=O)C[C@@H](CCCCN)C(=O)N[C@@H](CC(C)C)C(N)=O)C(C)C. The lowest BCUT2D eigenvalue weighted by atomic mass is 9.88. The highest BCUT2D eigenvalue weighted by Gasteiger charge is 2.33. The van der Waals surface area contributed by atoms with Crippen LogP contribution in [0.5, 0.6) is 0 Å². The Morgan fingerprint density at radius 1 is 0.913 bits per heavy atom. The zero-order chi connectivity index (χ0) is 34.6. The summed E-state index contributed by atoms with van der Waals surface area (Å²) < 4.78 is 1.03. The average molecular weight is 658 g/mol. The van der Waals surface area contributed by atoms with Gasteiger partial charge in [0.15, 0.2) is 5.78 Å². The van der Waals surface area contributed by atoms with E-state index in [0.29, 0.717) is 44.6 Å². The number of primary amides is 1. The molecule has 0 radical (unpaired) electrons. The number of Topliss-reactive ketones (excluding diaryl/α,β-unsaturated/α-hetero) is 2. The van der Waals surface area contributed by atoms with Crippen molar-refractivity contribution < 1.29 is 24.0 Å². The van der Waals surface area contributed by atoms with E-state index in [2.05, 4.69) is 36.6 Å². The average Bonchev–Trinajstić information content (AvgIpc) is 3.39. The molecule has 0 bridgehead atoms. The fourth-order valence-corrected chi connectivity index (χ4v) is 6.55. The number of ketones is 2. The molecule has 0 fully saturated rings. The van der Waals surface area contributed by atoms with Crippen molar-refractivity contribution in [2.24, 2.45) is 35.1 Å². The van der Waals surface area contributed by atoms with Gasteiger partial charge in [-0.25, -0.2) is 4.98 Å². The third-order valence-corrected chi connectivity index (χ3v) is 9.33. The summed E-state index contributed by atoms with van der Waals surface area (Å²) in [5, 5.41) is 6.45. The number of hydrogen-bond acceptors (Lipinski definition) is 8. The van der Waals surface area contributed by atoms with Crippen molar-refractivity contribution in [1.29, 1.82) is 0 Å². The quantitative estimate of drug-likeness (QED) is 0.139. The molecule has 0 unspecified atom stereocenters. The monoisotopic (exact) mass is 657 g/mol. The zero-order valence-electron chi connectivity index (χ0n) is 28.7. The van der Waals surface area contributed by atoms with E-state index < -0.39 is 35.7 Å². The van der Waals surface area contributed by atoms with Gasteiger partial charge in [0.25, 0.3) is 0 Å². The number of carbonyl (C=O) groups is 5.